The molecule has 5 nitrogen and oxygen atoms in total. The molecule has 1 aliphatic carbocycles. The van der Waals surface area contributed by atoms with Crippen LogP contribution in [-0.4, -0.2) is 31.6 Å². The Morgan fingerprint density at radius 3 is 3.06 bits per heavy atom. The average molecular weight is 232 g/mol. The fraction of sp³-hybridized carbons (Fsp3) is 0.500. The third-order valence-corrected chi connectivity index (χ3v) is 3.41. The van der Waals surface area contributed by atoms with Crippen LogP contribution in [0.2, 0.25) is 0 Å². The van der Waals surface area contributed by atoms with E-state index in [0.29, 0.717) is 18.9 Å². The van der Waals surface area contributed by atoms with Crippen LogP contribution in [0.5, 0.6) is 0 Å². The van der Waals surface area contributed by atoms with Crippen LogP contribution in [0.4, 0.5) is 0 Å². The molecule has 0 bridgehead atoms. The summed E-state index contributed by atoms with van der Waals surface area (Å²) >= 11 is 0. The van der Waals surface area contributed by atoms with Crippen molar-refractivity contribution in [3.8, 4) is 0 Å². The number of nitrogens with zero attached hydrogens (tertiary/aromatic N) is 3. The van der Waals surface area contributed by atoms with E-state index in [9.17, 15) is 5.11 Å². The zero-order valence-electron chi connectivity index (χ0n) is 9.63. The highest BCUT2D eigenvalue weighted by Gasteiger charge is 2.33. The van der Waals surface area contributed by atoms with Crippen LogP contribution in [0, 0.1) is 0 Å². The number of hydrogen-bond acceptors (Lipinski definition) is 4. The highest BCUT2D eigenvalue weighted by molar-refractivity contribution is 5.30. The van der Waals surface area contributed by atoms with Crippen molar-refractivity contribution in [1.29, 1.82) is 0 Å². The molecular weight excluding hydrogens is 216 g/mol. The fourth-order valence-electron chi connectivity index (χ4n) is 2.19. The predicted octanol–water partition coefficient (Wildman–Crippen LogP) is 0.734. The summed E-state index contributed by atoms with van der Waals surface area (Å²) in [6.07, 6.45) is 8.46. The highest BCUT2D eigenvalue weighted by atomic mass is 16.3. The Labute approximate surface area is 99.5 Å². The number of fused-ring (bicyclic) bond motifs is 1. The molecule has 0 spiro atoms. The third-order valence-electron chi connectivity index (χ3n) is 3.41. The van der Waals surface area contributed by atoms with E-state index in [1.165, 1.54) is 0 Å². The number of rotatable bonds is 4. The van der Waals surface area contributed by atoms with Gasteiger partial charge in [-0.25, -0.2) is 9.97 Å². The maximum absolute atomic E-state index is 9.95. The fourth-order valence-corrected chi connectivity index (χ4v) is 2.19. The lowest BCUT2D eigenvalue weighted by Crippen LogP contribution is -2.46. The van der Waals surface area contributed by atoms with E-state index in [1.807, 2.05) is 22.9 Å². The maximum Gasteiger partial charge on any atom is 0.233 e. The van der Waals surface area contributed by atoms with Crippen LogP contribution in [0.1, 0.15) is 25.0 Å². The van der Waals surface area contributed by atoms with E-state index < -0.39 is 5.60 Å². The second-order valence-electron chi connectivity index (χ2n) is 4.72. The molecule has 2 aromatic rings. The molecular formula is C12H16N4O. The SMILES string of the molecule is OC1(CNCc2cnc3ncccn23)CCC1. The molecule has 0 radical (unpaired) electrons. The van der Waals surface area contributed by atoms with Crippen LogP contribution in [-0.2, 0) is 6.54 Å². The lowest BCUT2D eigenvalue weighted by atomic mass is 9.80. The van der Waals surface area contributed by atoms with Gasteiger partial charge in [-0.05, 0) is 25.3 Å². The molecule has 0 atom stereocenters. The van der Waals surface area contributed by atoms with Crippen molar-refractivity contribution < 1.29 is 5.11 Å². The summed E-state index contributed by atoms with van der Waals surface area (Å²) in [7, 11) is 0. The van der Waals surface area contributed by atoms with Crippen molar-refractivity contribution in [1.82, 2.24) is 19.7 Å². The zero-order chi connectivity index (χ0) is 11.7. The van der Waals surface area contributed by atoms with Gasteiger partial charge < -0.3 is 10.4 Å². The first kappa shape index (κ1) is 10.7. The zero-order valence-corrected chi connectivity index (χ0v) is 9.63. The first-order valence-corrected chi connectivity index (χ1v) is 5.97. The molecule has 0 aromatic carbocycles. The van der Waals surface area contributed by atoms with Gasteiger partial charge in [-0.2, -0.15) is 0 Å². The lowest BCUT2D eigenvalue weighted by molar-refractivity contribution is -0.0315. The first-order valence-electron chi connectivity index (χ1n) is 5.97. The Morgan fingerprint density at radius 1 is 1.41 bits per heavy atom. The second kappa shape index (κ2) is 4.09. The molecule has 1 fully saturated rings. The Balaban J connectivity index is 1.65. The van der Waals surface area contributed by atoms with Gasteiger partial charge in [0.25, 0.3) is 0 Å². The van der Waals surface area contributed by atoms with E-state index in [2.05, 4.69) is 15.3 Å². The standard InChI is InChI=1S/C12H16N4O/c17-12(3-1-4-12)9-13-7-10-8-15-11-14-5-2-6-16(10)11/h2,5-6,8,13,17H,1,3-4,7,9H2. The minimum Gasteiger partial charge on any atom is -0.389 e. The van der Waals surface area contributed by atoms with Crippen molar-refractivity contribution in [2.24, 2.45) is 0 Å². The van der Waals surface area contributed by atoms with Gasteiger partial charge in [0.1, 0.15) is 0 Å². The summed E-state index contributed by atoms with van der Waals surface area (Å²) in [5.74, 6) is 0.714. The quantitative estimate of drug-likeness (QED) is 0.816. The average Bonchev–Trinajstić information content (AvgIpc) is 2.71. The molecule has 1 saturated carbocycles. The molecule has 2 aromatic heterocycles. The molecule has 90 valence electrons. The van der Waals surface area contributed by atoms with E-state index in [4.69, 9.17) is 0 Å². The smallest absolute Gasteiger partial charge is 0.233 e. The molecule has 0 saturated heterocycles. The third kappa shape index (κ3) is 2.03. The number of hydrogen-bond donors (Lipinski definition) is 2. The molecule has 0 unspecified atom stereocenters. The van der Waals surface area contributed by atoms with Crippen molar-refractivity contribution >= 4 is 5.78 Å². The minimum atomic E-state index is -0.473. The van der Waals surface area contributed by atoms with Crippen LogP contribution in [0.15, 0.2) is 24.7 Å². The molecule has 1 aliphatic rings. The molecule has 0 amide bonds. The Bertz CT molecular complexity index is 518. The van der Waals surface area contributed by atoms with Crippen LogP contribution < -0.4 is 5.32 Å². The second-order valence-corrected chi connectivity index (χ2v) is 4.72. The van der Waals surface area contributed by atoms with Gasteiger partial charge in [0.05, 0.1) is 17.5 Å². The van der Waals surface area contributed by atoms with E-state index in [0.717, 1.165) is 25.0 Å². The molecule has 2 N–H and O–H groups in total. The van der Waals surface area contributed by atoms with E-state index in [1.54, 1.807) is 6.20 Å². The van der Waals surface area contributed by atoms with E-state index >= 15 is 0 Å². The molecule has 5 heteroatoms. The van der Waals surface area contributed by atoms with Gasteiger partial charge in [-0.15, -0.1) is 0 Å². The number of aromatic nitrogens is 3. The largest absolute Gasteiger partial charge is 0.389 e. The summed E-state index contributed by atoms with van der Waals surface area (Å²) in [5, 5.41) is 13.2. The molecule has 17 heavy (non-hydrogen) atoms. The van der Waals surface area contributed by atoms with Crippen LogP contribution in [0.3, 0.4) is 0 Å². The van der Waals surface area contributed by atoms with Crippen LogP contribution in [0.25, 0.3) is 5.78 Å². The van der Waals surface area contributed by atoms with Gasteiger partial charge in [0.2, 0.25) is 5.78 Å². The van der Waals surface area contributed by atoms with Gasteiger partial charge in [0, 0.05) is 25.5 Å². The highest BCUT2D eigenvalue weighted by Crippen LogP contribution is 2.30. The number of aliphatic hydroxyl groups is 1. The number of imidazole rings is 1. The Morgan fingerprint density at radius 2 is 2.29 bits per heavy atom. The summed E-state index contributed by atoms with van der Waals surface area (Å²) < 4.78 is 1.96. The predicted molar refractivity (Wildman–Crippen MR) is 63.5 cm³/mol. The normalized spacial score (nSPS) is 18.2. The summed E-state index contributed by atoms with van der Waals surface area (Å²) in [6, 6.07) is 1.89. The van der Waals surface area contributed by atoms with Gasteiger partial charge in [-0.1, -0.05) is 0 Å². The Kier molecular flexibility index (Phi) is 2.57. The van der Waals surface area contributed by atoms with Gasteiger partial charge in [-0.3, -0.25) is 4.40 Å². The maximum atomic E-state index is 9.95. The molecule has 0 aliphatic heterocycles. The lowest BCUT2D eigenvalue weighted by Gasteiger charge is -2.36. The molecule has 3 rings (SSSR count). The van der Waals surface area contributed by atoms with Gasteiger partial charge in [0.15, 0.2) is 0 Å². The van der Waals surface area contributed by atoms with Crippen LogP contribution >= 0.6 is 0 Å². The summed E-state index contributed by atoms with van der Waals surface area (Å²) in [6.45, 7) is 1.36. The minimum absolute atomic E-state index is 0.473. The summed E-state index contributed by atoms with van der Waals surface area (Å²) in [5.41, 5.74) is 0.592. The van der Waals surface area contributed by atoms with Crippen molar-refractivity contribution in [2.75, 3.05) is 6.54 Å². The van der Waals surface area contributed by atoms with Crippen molar-refractivity contribution in [2.45, 2.75) is 31.4 Å². The Hall–Kier alpha value is -1.46. The van der Waals surface area contributed by atoms with Gasteiger partial charge >= 0.3 is 0 Å². The van der Waals surface area contributed by atoms with Crippen molar-refractivity contribution in [3.05, 3.63) is 30.4 Å². The number of nitrogens with one attached hydrogen (secondary N) is 1. The van der Waals surface area contributed by atoms with Crippen molar-refractivity contribution in [3.63, 3.8) is 0 Å². The molecule has 2 heterocycles. The first-order chi connectivity index (χ1) is 8.27. The van der Waals surface area contributed by atoms with E-state index in [-0.39, 0.29) is 0 Å². The topological polar surface area (TPSA) is 62.5 Å². The monoisotopic (exact) mass is 232 g/mol. The summed E-state index contributed by atoms with van der Waals surface area (Å²) in [4.78, 5) is 8.38.